The summed E-state index contributed by atoms with van der Waals surface area (Å²) in [5.41, 5.74) is -0.855. The summed E-state index contributed by atoms with van der Waals surface area (Å²) in [5, 5.41) is 0. The van der Waals surface area contributed by atoms with E-state index in [4.69, 9.17) is 0 Å². The standard InChI is InChI=1S/C12H19NO2/c1-11(2)8-5-6-12(11,9(14)7-8)10(15)13(3)4/h8H,5-7H2,1-4H3/t8-,12-/m1/s1. The van der Waals surface area contributed by atoms with E-state index in [1.165, 1.54) is 0 Å². The van der Waals surface area contributed by atoms with Gasteiger partial charge in [0.15, 0.2) is 0 Å². The van der Waals surface area contributed by atoms with E-state index >= 15 is 0 Å². The lowest BCUT2D eigenvalue weighted by Crippen LogP contribution is -2.49. The van der Waals surface area contributed by atoms with Gasteiger partial charge in [0.25, 0.3) is 0 Å². The minimum absolute atomic E-state index is 0.0116. The summed E-state index contributed by atoms with van der Waals surface area (Å²) in [6.07, 6.45) is 2.38. The Hall–Kier alpha value is -0.860. The molecule has 84 valence electrons. The van der Waals surface area contributed by atoms with Crippen molar-refractivity contribution >= 4 is 11.7 Å². The van der Waals surface area contributed by atoms with E-state index in [1.807, 2.05) is 0 Å². The quantitative estimate of drug-likeness (QED) is 0.613. The first-order valence-electron chi connectivity index (χ1n) is 5.59. The molecule has 2 bridgehead atoms. The van der Waals surface area contributed by atoms with Crippen LogP contribution in [0.15, 0.2) is 0 Å². The van der Waals surface area contributed by atoms with Crippen LogP contribution in [0.25, 0.3) is 0 Å². The predicted octanol–water partition coefficient (Wildman–Crippen LogP) is 1.47. The molecule has 15 heavy (non-hydrogen) atoms. The average Bonchev–Trinajstić information content (AvgIpc) is 2.49. The second kappa shape index (κ2) is 2.83. The number of hydrogen-bond acceptors (Lipinski definition) is 2. The van der Waals surface area contributed by atoms with Gasteiger partial charge in [-0.2, -0.15) is 0 Å². The van der Waals surface area contributed by atoms with Crippen molar-refractivity contribution in [3.8, 4) is 0 Å². The Kier molecular flexibility index (Phi) is 2.01. The fourth-order valence-corrected chi connectivity index (χ4v) is 3.56. The van der Waals surface area contributed by atoms with Gasteiger partial charge in [-0.1, -0.05) is 13.8 Å². The largest absolute Gasteiger partial charge is 0.348 e. The molecule has 0 N–H and O–H groups in total. The molecule has 0 unspecified atom stereocenters. The highest BCUT2D eigenvalue weighted by molar-refractivity contribution is 6.09. The molecule has 3 nitrogen and oxygen atoms in total. The molecule has 0 radical (unpaired) electrons. The normalized spacial score (nSPS) is 37.1. The molecule has 2 atom stereocenters. The van der Waals surface area contributed by atoms with Crippen LogP contribution in [0.4, 0.5) is 0 Å². The number of hydrogen-bond donors (Lipinski definition) is 0. The van der Waals surface area contributed by atoms with E-state index in [9.17, 15) is 9.59 Å². The monoisotopic (exact) mass is 209 g/mol. The zero-order valence-corrected chi connectivity index (χ0v) is 9.96. The third kappa shape index (κ3) is 1.01. The van der Waals surface area contributed by atoms with E-state index in [-0.39, 0.29) is 17.1 Å². The molecule has 0 aromatic rings. The molecule has 0 heterocycles. The van der Waals surface area contributed by atoms with Crippen molar-refractivity contribution in [3.63, 3.8) is 0 Å². The molecule has 2 fully saturated rings. The summed E-state index contributed by atoms with van der Waals surface area (Å²) in [6.45, 7) is 4.16. The lowest BCUT2D eigenvalue weighted by Gasteiger charge is -2.36. The van der Waals surface area contributed by atoms with Crippen LogP contribution < -0.4 is 0 Å². The van der Waals surface area contributed by atoms with Gasteiger partial charge in [0.05, 0.1) is 0 Å². The Morgan fingerprint density at radius 1 is 1.40 bits per heavy atom. The Bertz CT molecular complexity index is 333. The molecular weight excluding hydrogens is 190 g/mol. The van der Waals surface area contributed by atoms with Crippen LogP contribution in [0.2, 0.25) is 0 Å². The van der Waals surface area contributed by atoms with Crippen molar-refractivity contribution in [2.75, 3.05) is 14.1 Å². The zero-order chi connectivity index (χ0) is 11.4. The molecular formula is C12H19NO2. The third-order valence-corrected chi connectivity index (χ3v) is 4.67. The van der Waals surface area contributed by atoms with E-state index < -0.39 is 5.41 Å². The Morgan fingerprint density at radius 3 is 2.33 bits per heavy atom. The number of rotatable bonds is 1. The van der Waals surface area contributed by atoms with Gasteiger partial charge >= 0.3 is 0 Å². The predicted molar refractivity (Wildman–Crippen MR) is 57.3 cm³/mol. The van der Waals surface area contributed by atoms with Crippen LogP contribution in [-0.4, -0.2) is 30.7 Å². The average molecular weight is 209 g/mol. The molecule has 2 aliphatic carbocycles. The van der Waals surface area contributed by atoms with Crippen molar-refractivity contribution in [2.24, 2.45) is 16.7 Å². The maximum absolute atomic E-state index is 12.3. The molecule has 3 heteroatoms. The second-order valence-corrected chi connectivity index (χ2v) is 5.69. The van der Waals surface area contributed by atoms with Gasteiger partial charge in [-0.25, -0.2) is 0 Å². The Labute approximate surface area is 90.8 Å². The first-order chi connectivity index (χ1) is 6.84. The van der Waals surface area contributed by atoms with E-state index in [1.54, 1.807) is 19.0 Å². The number of fused-ring (bicyclic) bond motifs is 2. The van der Waals surface area contributed by atoms with Crippen molar-refractivity contribution in [1.82, 2.24) is 4.90 Å². The summed E-state index contributed by atoms with van der Waals surface area (Å²) in [5.74, 6) is 0.592. The van der Waals surface area contributed by atoms with Crippen LogP contribution in [0, 0.1) is 16.7 Å². The van der Waals surface area contributed by atoms with Gasteiger partial charge in [0, 0.05) is 20.5 Å². The van der Waals surface area contributed by atoms with Crippen LogP contribution in [0.5, 0.6) is 0 Å². The number of ketones is 1. The van der Waals surface area contributed by atoms with Gasteiger partial charge in [-0.15, -0.1) is 0 Å². The van der Waals surface area contributed by atoms with E-state index in [0.717, 1.165) is 12.8 Å². The van der Waals surface area contributed by atoms with Gasteiger partial charge in [-0.05, 0) is 24.2 Å². The zero-order valence-electron chi connectivity index (χ0n) is 9.96. The van der Waals surface area contributed by atoms with Crippen molar-refractivity contribution < 1.29 is 9.59 Å². The molecule has 2 aliphatic rings. The lowest BCUT2D eigenvalue weighted by atomic mass is 9.68. The SMILES string of the molecule is CN(C)C(=O)[C@@]12CC[C@H](CC1=O)C2(C)C. The van der Waals surface area contributed by atoms with Crippen LogP contribution in [0.3, 0.4) is 0 Å². The number of amides is 1. The molecule has 2 rings (SSSR count). The molecule has 0 spiro atoms. The molecule has 0 aromatic carbocycles. The first kappa shape index (κ1) is 10.7. The maximum atomic E-state index is 12.3. The Morgan fingerprint density at radius 2 is 2.00 bits per heavy atom. The van der Waals surface area contributed by atoms with Crippen molar-refractivity contribution in [2.45, 2.75) is 33.1 Å². The first-order valence-corrected chi connectivity index (χ1v) is 5.59. The maximum Gasteiger partial charge on any atom is 0.236 e. The topological polar surface area (TPSA) is 37.4 Å². The minimum atomic E-state index is -0.707. The summed E-state index contributed by atoms with van der Waals surface area (Å²) in [4.78, 5) is 25.9. The smallest absolute Gasteiger partial charge is 0.236 e. The minimum Gasteiger partial charge on any atom is -0.348 e. The fourth-order valence-electron chi connectivity index (χ4n) is 3.56. The summed E-state index contributed by atoms with van der Waals surface area (Å²) < 4.78 is 0. The fraction of sp³-hybridized carbons (Fsp3) is 0.833. The highest BCUT2D eigenvalue weighted by Gasteiger charge is 2.68. The van der Waals surface area contributed by atoms with Gasteiger partial charge in [0.1, 0.15) is 11.2 Å². The van der Waals surface area contributed by atoms with Crippen LogP contribution in [-0.2, 0) is 9.59 Å². The highest BCUT2D eigenvalue weighted by Crippen LogP contribution is 2.64. The van der Waals surface area contributed by atoms with E-state index in [0.29, 0.717) is 12.3 Å². The molecule has 0 aromatic heterocycles. The van der Waals surface area contributed by atoms with Gasteiger partial charge in [0.2, 0.25) is 5.91 Å². The number of Topliss-reactive ketones (excluding diaryl/α,β-unsaturated/α-hetero) is 1. The molecule has 1 amide bonds. The van der Waals surface area contributed by atoms with Crippen LogP contribution in [0.1, 0.15) is 33.1 Å². The van der Waals surface area contributed by atoms with Crippen molar-refractivity contribution in [1.29, 1.82) is 0 Å². The van der Waals surface area contributed by atoms with E-state index in [2.05, 4.69) is 13.8 Å². The highest BCUT2D eigenvalue weighted by atomic mass is 16.2. The molecule has 2 saturated carbocycles. The second-order valence-electron chi connectivity index (χ2n) is 5.69. The Balaban J connectivity index is 2.49. The number of carbonyl (C=O) groups excluding carboxylic acids is 2. The summed E-state index contributed by atoms with van der Waals surface area (Å²) >= 11 is 0. The van der Waals surface area contributed by atoms with Gasteiger partial charge < -0.3 is 4.90 Å². The summed E-state index contributed by atoms with van der Waals surface area (Å²) in [6, 6.07) is 0. The molecule has 0 aliphatic heterocycles. The van der Waals surface area contributed by atoms with Crippen molar-refractivity contribution in [3.05, 3.63) is 0 Å². The number of nitrogens with zero attached hydrogens (tertiary/aromatic N) is 1. The lowest BCUT2D eigenvalue weighted by molar-refractivity contribution is -0.151. The summed E-state index contributed by atoms with van der Waals surface area (Å²) in [7, 11) is 3.48. The van der Waals surface area contributed by atoms with Gasteiger partial charge in [-0.3, -0.25) is 9.59 Å². The molecule has 0 saturated heterocycles. The third-order valence-electron chi connectivity index (χ3n) is 4.67. The number of carbonyl (C=O) groups is 2. The van der Waals surface area contributed by atoms with Crippen LogP contribution >= 0.6 is 0 Å².